The fourth-order valence-corrected chi connectivity index (χ4v) is 5.13. The number of likely N-dealkylation sites (tertiary alicyclic amines) is 1. The Balaban J connectivity index is 1.62. The molecule has 1 N–H and O–H groups in total. The van der Waals surface area contributed by atoms with Gasteiger partial charge < -0.3 is 24.2 Å². The smallest absolute Gasteiger partial charge is 0.410 e. The Labute approximate surface area is 173 Å². The van der Waals surface area contributed by atoms with Gasteiger partial charge >= 0.3 is 6.09 Å². The number of piperidine rings is 1. The van der Waals surface area contributed by atoms with Crippen LogP contribution >= 0.6 is 0 Å². The highest BCUT2D eigenvalue weighted by atomic mass is 16.6. The zero-order valence-electron chi connectivity index (χ0n) is 18.1. The highest BCUT2D eigenvalue weighted by Crippen LogP contribution is 2.56. The van der Waals surface area contributed by atoms with Gasteiger partial charge in [-0.3, -0.25) is 0 Å². The molecule has 0 spiro atoms. The molecule has 29 heavy (non-hydrogen) atoms. The summed E-state index contributed by atoms with van der Waals surface area (Å²) in [6.07, 6.45) is 0.934. The van der Waals surface area contributed by atoms with E-state index in [1.54, 1.807) is 4.90 Å². The first-order chi connectivity index (χ1) is 13.5. The molecule has 0 unspecified atom stereocenters. The molecular formula is C23H33NO5. The third-order valence-corrected chi connectivity index (χ3v) is 6.61. The quantitative estimate of drug-likeness (QED) is 0.770. The van der Waals surface area contributed by atoms with Crippen molar-refractivity contribution in [2.45, 2.75) is 70.9 Å². The van der Waals surface area contributed by atoms with E-state index < -0.39 is 16.6 Å². The van der Waals surface area contributed by atoms with Crippen molar-refractivity contribution in [1.29, 1.82) is 0 Å². The van der Waals surface area contributed by atoms with E-state index in [2.05, 4.69) is 19.9 Å². The molecule has 0 saturated carbocycles. The van der Waals surface area contributed by atoms with Crippen molar-refractivity contribution in [2.24, 2.45) is 11.3 Å². The second-order valence-electron chi connectivity index (χ2n) is 10.3. The Morgan fingerprint density at radius 3 is 2.72 bits per heavy atom. The standard InChI is InChI=1S/C23H33NO5/c1-21(2,3)29-20(26)24-11-10-18-23(13-24,14-25)12-16-19(27-18)15-8-6-7-9-17(15)28-22(16,4)5/h6-9,16,18-19,25H,10-14H2,1-5H3/t16-,18-,19+,23+/m1/s1. The summed E-state index contributed by atoms with van der Waals surface area (Å²) in [6, 6.07) is 8.06. The van der Waals surface area contributed by atoms with Gasteiger partial charge in [-0.15, -0.1) is 0 Å². The number of hydrogen-bond donors (Lipinski definition) is 1. The van der Waals surface area contributed by atoms with Crippen LogP contribution in [0.25, 0.3) is 0 Å². The Morgan fingerprint density at radius 1 is 1.31 bits per heavy atom. The number of benzene rings is 1. The monoisotopic (exact) mass is 403 g/mol. The lowest BCUT2D eigenvalue weighted by Gasteiger charge is -2.58. The van der Waals surface area contributed by atoms with E-state index in [4.69, 9.17) is 14.2 Å². The molecule has 2 saturated heterocycles. The van der Waals surface area contributed by atoms with Gasteiger partial charge in [-0.05, 0) is 53.5 Å². The van der Waals surface area contributed by atoms with Crippen LogP contribution in [0.15, 0.2) is 24.3 Å². The second-order valence-corrected chi connectivity index (χ2v) is 10.3. The van der Waals surface area contributed by atoms with Gasteiger partial charge in [-0.25, -0.2) is 4.79 Å². The van der Waals surface area contributed by atoms with E-state index in [0.717, 1.165) is 17.7 Å². The van der Waals surface area contributed by atoms with Crippen molar-refractivity contribution in [3.8, 4) is 5.75 Å². The predicted octanol–water partition coefficient (Wildman–Crippen LogP) is 3.92. The van der Waals surface area contributed by atoms with Gasteiger partial charge in [0.1, 0.15) is 17.0 Å². The van der Waals surface area contributed by atoms with Crippen LogP contribution in [0.4, 0.5) is 4.79 Å². The molecule has 4 rings (SSSR count). The molecule has 160 valence electrons. The summed E-state index contributed by atoms with van der Waals surface area (Å²) in [4.78, 5) is 14.4. The first-order valence-electron chi connectivity index (χ1n) is 10.6. The minimum atomic E-state index is -0.544. The molecule has 2 fully saturated rings. The zero-order chi connectivity index (χ0) is 21.0. The highest BCUT2D eigenvalue weighted by Gasteiger charge is 2.58. The molecule has 1 aromatic carbocycles. The van der Waals surface area contributed by atoms with E-state index in [-0.39, 0.29) is 30.8 Å². The topological polar surface area (TPSA) is 68.2 Å². The number of aliphatic hydroxyl groups is 1. The summed E-state index contributed by atoms with van der Waals surface area (Å²) in [6.45, 7) is 10.8. The number of fused-ring (bicyclic) bond motifs is 4. The normalized spacial score (nSPS) is 33.0. The van der Waals surface area contributed by atoms with Gasteiger partial charge in [0.05, 0.1) is 18.8 Å². The van der Waals surface area contributed by atoms with Crippen LogP contribution in [0.2, 0.25) is 0 Å². The first-order valence-corrected chi connectivity index (χ1v) is 10.6. The van der Waals surface area contributed by atoms with Crippen molar-refractivity contribution >= 4 is 6.09 Å². The summed E-state index contributed by atoms with van der Waals surface area (Å²) in [5.41, 5.74) is -0.404. The lowest BCUT2D eigenvalue weighted by molar-refractivity contribution is -0.229. The number of carbonyl (C=O) groups excluding carboxylic acids is 1. The second kappa shape index (κ2) is 6.88. The molecule has 3 aliphatic heterocycles. The summed E-state index contributed by atoms with van der Waals surface area (Å²) in [7, 11) is 0. The van der Waals surface area contributed by atoms with Crippen LogP contribution < -0.4 is 4.74 Å². The summed E-state index contributed by atoms with van der Waals surface area (Å²) in [5.74, 6) is 0.959. The van der Waals surface area contributed by atoms with Gasteiger partial charge in [0.2, 0.25) is 0 Å². The largest absolute Gasteiger partial charge is 0.487 e. The Kier molecular flexibility index (Phi) is 4.86. The van der Waals surface area contributed by atoms with Crippen LogP contribution in [0.1, 0.15) is 59.1 Å². The number of nitrogens with zero attached hydrogens (tertiary/aromatic N) is 1. The molecule has 6 nitrogen and oxygen atoms in total. The fourth-order valence-electron chi connectivity index (χ4n) is 5.13. The Bertz CT molecular complexity index is 786. The molecule has 4 atom stereocenters. The molecule has 0 radical (unpaired) electrons. The zero-order valence-corrected chi connectivity index (χ0v) is 18.1. The summed E-state index contributed by atoms with van der Waals surface area (Å²) < 4.78 is 18.6. The van der Waals surface area contributed by atoms with Crippen molar-refractivity contribution in [2.75, 3.05) is 19.7 Å². The number of carbonyl (C=O) groups is 1. The van der Waals surface area contributed by atoms with E-state index in [0.29, 0.717) is 19.5 Å². The number of rotatable bonds is 1. The minimum Gasteiger partial charge on any atom is -0.487 e. The van der Waals surface area contributed by atoms with Crippen LogP contribution in [-0.2, 0) is 9.47 Å². The predicted molar refractivity (Wildman–Crippen MR) is 109 cm³/mol. The summed E-state index contributed by atoms with van der Waals surface area (Å²) in [5, 5.41) is 10.5. The van der Waals surface area contributed by atoms with Crippen molar-refractivity contribution in [3.63, 3.8) is 0 Å². The van der Waals surface area contributed by atoms with E-state index in [1.165, 1.54) is 0 Å². The van der Waals surface area contributed by atoms with Gasteiger partial charge in [0.15, 0.2) is 0 Å². The maximum Gasteiger partial charge on any atom is 0.410 e. The van der Waals surface area contributed by atoms with E-state index >= 15 is 0 Å². The van der Waals surface area contributed by atoms with Crippen molar-refractivity contribution in [1.82, 2.24) is 4.90 Å². The molecule has 1 amide bonds. The number of amides is 1. The first kappa shape index (κ1) is 20.5. The lowest BCUT2D eigenvalue weighted by Crippen LogP contribution is -2.63. The van der Waals surface area contributed by atoms with Gasteiger partial charge in [-0.2, -0.15) is 0 Å². The van der Waals surface area contributed by atoms with E-state index in [9.17, 15) is 9.90 Å². The van der Waals surface area contributed by atoms with Gasteiger partial charge in [0.25, 0.3) is 0 Å². The molecule has 0 aromatic heterocycles. The average molecular weight is 404 g/mol. The van der Waals surface area contributed by atoms with Crippen LogP contribution in [0.5, 0.6) is 5.75 Å². The number of aliphatic hydroxyl groups excluding tert-OH is 1. The molecule has 1 aromatic rings. The molecule has 0 aliphatic carbocycles. The minimum absolute atomic E-state index is 0.0298. The Morgan fingerprint density at radius 2 is 2.03 bits per heavy atom. The molecule has 3 aliphatic rings. The third-order valence-electron chi connectivity index (χ3n) is 6.61. The fraction of sp³-hybridized carbons (Fsp3) is 0.696. The van der Waals surface area contributed by atoms with Crippen LogP contribution in [0, 0.1) is 11.3 Å². The lowest BCUT2D eigenvalue weighted by atomic mass is 9.63. The highest BCUT2D eigenvalue weighted by molar-refractivity contribution is 5.68. The molecule has 6 heteroatoms. The molecule has 3 heterocycles. The number of para-hydroxylation sites is 1. The van der Waals surface area contributed by atoms with Crippen LogP contribution in [-0.4, -0.2) is 53.1 Å². The van der Waals surface area contributed by atoms with Gasteiger partial charge in [0, 0.05) is 30.0 Å². The maximum atomic E-state index is 12.7. The van der Waals surface area contributed by atoms with Crippen molar-refractivity contribution in [3.05, 3.63) is 29.8 Å². The maximum absolute atomic E-state index is 12.7. The van der Waals surface area contributed by atoms with Crippen molar-refractivity contribution < 1.29 is 24.1 Å². The van der Waals surface area contributed by atoms with E-state index in [1.807, 2.05) is 39.0 Å². The summed E-state index contributed by atoms with van der Waals surface area (Å²) >= 11 is 0. The Hall–Kier alpha value is -1.79. The average Bonchev–Trinajstić information content (AvgIpc) is 2.64. The van der Waals surface area contributed by atoms with Crippen LogP contribution in [0.3, 0.4) is 0 Å². The SMILES string of the molecule is CC(C)(C)OC(=O)N1CC[C@H]2O[C@H]3c4ccccc4OC(C)(C)[C@@H]3C[C@@]2(CO)C1. The third kappa shape index (κ3) is 3.61. The van der Waals surface area contributed by atoms with Gasteiger partial charge in [-0.1, -0.05) is 18.2 Å². The molecular weight excluding hydrogens is 370 g/mol. The number of ether oxygens (including phenoxy) is 3. The number of hydrogen-bond acceptors (Lipinski definition) is 5. The molecule has 0 bridgehead atoms.